The van der Waals surface area contributed by atoms with E-state index in [1.54, 1.807) is 18.5 Å². The summed E-state index contributed by atoms with van der Waals surface area (Å²) >= 11 is 4.83. The number of nitrogens with zero attached hydrogens (tertiary/aromatic N) is 4. The molecule has 2 unspecified atom stereocenters. The summed E-state index contributed by atoms with van der Waals surface area (Å²) in [6, 6.07) is 11.2. The number of hydrogen-bond acceptors (Lipinski definition) is 7. The number of carbonyl (C=O) groups is 2. The summed E-state index contributed by atoms with van der Waals surface area (Å²) in [5, 5.41) is 3.19. The van der Waals surface area contributed by atoms with Gasteiger partial charge in [-0.05, 0) is 71.9 Å². The Labute approximate surface area is 207 Å². The Kier molecular flexibility index (Phi) is 6.40. The van der Waals surface area contributed by atoms with Crippen molar-refractivity contribution in [2.24, 2.45) is 5.84 Å². The lowest BCUT2D eigenvalue weighted by atomic mass is 9.90. The number of thiophene rings is 1. The Bertz CT molecular complexity index is 1350. The third-order valence-electron chi connectivity index (χ3n) is 5.98. The Morgan fingerprint density at radius 1 is 1.15 bits per heavy atom. The SMILES string of the molecule is NNC(=O)c1cc2c(cn1)nc(-c1ccccn1)n2C1CCCC(NC(=O)c2ccc(Br)s2)C1. The van der Waals surface area contributed by atoms with Crippen LogP contribution in [0, 0.1) is 0 Å². The molecular formula is C23H22BrN7O2S. The number of aromatic nitrogens is 4. The lowest BCUT2D eigenvalue weighted by molar-refractivity contribution is 0.0922. The van der Waals surface area contributed by atoms with E-state index in [1.165, 1.54) is 11.3 Å². The van der Waals surface area contributed by atoms with Crippen LogP contribution in [0.15, 0.2) is 52.6 Å². The molecule has 0 radical (unpaired) electrons. The first-order valence-electron chi connectivity index (χ1n) is 10.9. The van der Waals surface area contributed by atoms with Crippen molar-refractivity contribution < 1.29 is 9.59 Å². The largest absolute Gasteiger partial charge is 0.349 e. The number of imidazole rings is 1. The smallest absolute Gasteiger partial charge is 0.283 e. The fourth-order valence-corrected chi connectivity index (χ4v) is 5.75. The Hall–Kier alpha value is -3.15. The van der Waals surface area contributed by atoms with E-state index in [2.05, 4.69) is 41.2 Å². The van der Waals surface area contributed by atoms with Crippen molar-refractivity contribution in [1.82, 2.24) is 30.3 Å². The maximum absolute atomic E-state index is 12.8. The summed E-state index contributed by atoms with van der Waals surface area (Å²) in [7, 11) is 0. The number of fused-ring (bicyclic) bond motifs is 1. The Morgan fingerprint density at radius 3 is 2.76 bits per heavy atom. The molecule has 4 aromatic rings. The average molecular weight is 540 g/mol. The van der Waals surface area contributed by atoms with Gasteiger partial charge in [-0.3, -0.25) is 20.0 Å². The number of nitrogens with two attached hydrogens (primary N) is 1. The molecule has 0 bridgehead atoms. The predicted molar refractivity (Wildman–Crippen MR) is 133 cm³/mol. The first-order chi connectivity index (χ1) is 16.5. The van der Waals surface area contributed by atoms with Crippen LogP contribution in [0.3, 0.4) is 0 Å². The van der Waals surface area contributed by atoms with Crippen LogP contribution in [-0.4, -0.2) is 37.4 Å². The van der Waals surface area contributed by atoms with E-state index in [9.17, 15) is 9.59 Å². The molecule has 11 heteroatoms. The molecule has 0 aromatic carbocycles. The Balaban J connectivity index is 1.51. The molecule has 1 saturated carbocycles. The molecule has 4 N–H and O–H groups in total. The van der Waals surface area contributed by atoms with Gasteiger partial charge < -0.3 is 9.88 Å². The minimum atomic E-state index is -0.468. The highest BCUT2D eigenvalue weighted by Gasteiger charge is 2.29. The number of carbonyl (C=O) groups excluding carboxylic acids is 2. The number of hydrazine groups is 1. The summed E-state index contributed by atoms with van der Waals surface area (Å²) in [4.78, 5) is 39.1. The van der Waals surface area contributed by atoms with E-state index in [1.807, 2.05) is 30.3 Å². The lowest BCUT2D eigenvalue weighted by Gasteiger charge is -2.31. The van der Waals surface area contributed by atoms with Gasteiger partial charge in [0.2, 0.25) is 0 Å². The van der Waals surface area contributed by atoms with Crippen molar-refractivity contribution in [2.45, 2.75) is 37.8 Å². The maximum atomic E-state index is 12.8. The molecule has 5 rings (SSSR count). The van der Waals surface area contributed by atoms with Gasteiger partial charge >= 0.3 is 0 Å². The minimum Gasteiger partial charge on any atom is -0.349 e. The quantitative estimate of drug-likeness (QED) is 0.201. The standard InChI is InChI=1S/C23H22BrN7O2S/c24-20-8-7-19(34-20)23(33)28-13-4-3-5-14(10-13)31-18-11-16(22(32)30-25)27-12-17(18)29-21(31)15-6-1-2-9-26-15/h1-2,6-9,11-14H,3-5,10,25H2,(H,28,33)(H,30,32). The third-order valence-corrected chi connectivity index (χ3v) is 7.60. The molecule has 9 nitrogen and oxygen atoms in total. The van der Waals surface area contributed by atoms with E-state index >= 15 is 0 Å². The van der Waals surface area contributed by atoms with Crippen molar-refractivity contribution in [3.63, 3.8) is 0 Å². The normalized spacial score (nSPS) is 18.1. The van der Waals surface area contributed by atoms with Crippen LogP contribution < -0.4 is 16.6 Å². The predicted octanol–water partition coefficient (Wildman–Crippen LogP) is 3.83. The van der Waals surface area contributed by atoms with Gasteiger partial charge in [0.25, 0.3) is 11.8 Å². The van der Waals surface area contributed by atoms with Crippen LogP contribution >= 0.6 is 27.3 Å². The molecule has 2 atom stereocenters. The summed E-state index contributed by atoms with van der Waals surface area (Å²) in [6.07, 6.45) is 6.83. The number of hydrogen-bond donors (Lipinski definition) is 3. The molecule has 1 aliphatic rings. The van der Waals surface area contributed by atoms with Crippen molar-refractivity contribution in [3.8, 4) is 11.5 Å². The maximum Gasteiger partial charge on any atom is 0.283 e. The van der Waals surface area contributed by atoms with E-state index in [-0.39, 0.29) is 23.7 Å². The van der Waals surface area contributed by atoms with Crippen LogP contribution in [0.1, 0.15) is 51.9 Å². The molecule has 34 heavy (non-hydrogen) atoms. The van der Waals surface area contributed by atoms with Crippen molar-refractivity contribution in [3.05, 3.63) is 63.1 Å². The topological polar surface area (TPSA) is 128 Å². The zero-order valence-electron chi connectivity index (χ0n) is 18.1. The van der Waals surface area contributed by atoms with Crippen molar-refractivity contribution in [1.29, 1.82) is 0 Å². The summed E-state index contributed by atoms with van der Waals surface area (Å²) < 4.78 is 3.06. The number of rotatable bonds is 5. The van der Waals surface area contributed by atoms with Crippen LogP contribution in [0.4, 0.5) is 0 Å². The van der Waals surface area contributed by atoms with Crippen LogP contribution in [-0.2, 0) is 0 Å². The summed E-state index contributed by atoms with van der Waals surface area (Å²) in [5.41, 5.74) is 4.54. The second kappa shape index (κ2) is 9.61. The third kappa shape index (κ3) is 4.46. The molecule has 2 amide bonds. The molecule has 4 heterocycles. The van der Waals surface area contributed by atoms with Crippen LogP contribution in [0.5, 0.6) is 0 Å². The number of pyridine rings is 2. The van der Waals surface area contributed by atoms with Gasteiger partial charge in [0.1, 0.15) is 16.9 Å². The fraction of sp³-hybridized carbons (Fsp3) is 0.261. The average Bonchev–Trinajstić information content (AvgIpc) is 3.47. The van der Waals surface area contributed by atoms with Crippen LogP contribution in [0.2, 0.25) is 0 Å². The molecule has 4 aromatic heterocycles. The number of nitrogen functional groups attached to an aromatic ring is 1. The van der Waals surface area contributed by atoms with E-state index in [0.29, 0.717) is 16.2 Å². The van der Waals surface area contributed by atoms with Gasteiger partial charge in [-0.25, -0.2) is 15.8 Å². The molecule has 1 aliphatic carbocycles. The van der Waals surface area contributed by atoms with Gasteiger partial charge in [0.05, 0.1) is 20.4 Å². The molecule has 0 saturated heterocycles. The van der Waals surface area contributed by atoms with Gasteiger partial charge in [0, 0.05) is 18.3 Å². The van der Waals surface area contributed by atoms with Gasteiger partial charge in [-0.1, -0.05) is 6.07 Å². The number of amides is 2. The highest BCUT2D eigenvalue weighted by Crippen LogP contribution is 2.36. The van der Waals surface area contributed by atoms with Crippen molar-refractivity contribution >= 4 is 50.1 Å². The summed E-state index contributed by atoms with van der Waals surface area (Å²) in [5.74, 6) is 5.51. The van der Waals surface area contributed by atoms with E-state index in [4.69, 9.17) is 10.8 Å². The molecule has 174 valence electrons. The van der Waals surface area contributed by atoms with Crippen molar-refractivity contribution in [2.75, 3.05) is 0 Å². The minimum absolute atomic E-state index is 0.0230. The second-order valence-electron chi connectivity index (χ2n) is 8.15. The van der Waals surface area contributed by atoms with E-state index < -0.39 is 5.91 Å². The van der Waals surface area contributed by atoms with Gasteiger partial charge in [-0.2, -0.15) is 0 Å². The van der Waals surface area contributed by atoms with Gasteiger partial charge in [-0.15, -0.1) is 11.3 Å². The van der Waals surface area contributed by atoms with Crippen LogP contribution in [0.25, 0.3) is 22.6 Å². The highest BCUT2D eigenvalue weighted by atomic mass is 79.9. The second-order valence-corrected chi connectivity index (χ2v) is 10.6. The number of nitrogens with one attached hydrogen (secondary N) is 2. The van der Waals surface area contributed by atoms with E-state index in [0.717, 1.165) is 40.7 Å². The fourth-order valence-electron chi connectivity index (χ4n) is 4.46. The molecule has 1 fully saturated rings. The first-order valence-corrected chi connectivity index (χ1v) is 12.5. The molecule has 0 spiro atoms. The van der Waals surface area contributed by atoms with Gasteiger partial charge in [0.15, 0.2) is 5.82 Å². The Morgan fingerprint density at radius 2 is 2.03 bits per heavy atom. The highest BCUT2D eigenvalue weighted by molar-refractivity contribution is 9.11. The zero-order valence-corrected chi connectivity index (χ0v) is 20.5. The molecule has 0 aliphatic heterocycles. The molecular weight excluding hydrogens is 518 g/mol. The monoisotopic (exact) mass is 539 g/mol. The number of halogens is 1. The lowest BCUT2D eigenvalue weighted by Crippen LogP contribution is -2.38. The summed E-state index contributed by atoms with van der Waals surface area (Å²) in [6.45, 7) is 0. The first kappa shape index (κ1) is 22.6. The zero-order chi connectivity index (χ0) is 23.7.